The molecule has 0 saturated heterocycles. The van der Waals surface area contributed by atoms with E-state index in [1.165, 1.54) is 0 Å². The summed E-state index contributed by atoms with van der Waals surface area (Å²) in [7, 11) is 0. The van der Waals surface area contributed by atoms with Gasteiger partial charge in [-0.15, -0.1) is 11.8 Å². The van der Waals surface area contributed by atoms with Crippen molar-refractivity contribution in [3.63, 3.8) is 0 Å². The highest BCUT2D eigenvalue weighted by atomic mass is 32.2. The van der Waals surface area contributed by atoms with Gasteiger partial charge in [0, 0.05) is 23.0 Å². The molecule has 0 aliphatic heterocycles. The van der Waals surface area contributed by atoms with E-state index in [1.807, 2.05) is 25.1 Å². The zero-order valence-electron chi connectivity index (χ0n) is 9.96. The van der Waals surface area contributed by atoms with Crippen LogP contribution in [0.1, 0.15) is 21.5 Å². The number of hydrogen-bond donors (Lipinski definition) is 1. The van der Waals surface area contributed by atoms with E-state index >= 15 is 0 Å². The molecule has 0 fully saturated rings. The van der Waals surface area contributed by atoms with Crippen LogP contribution in [-0.4, -0.2) is 16.1 Å². The molecule has 1 heterocycles. The van der Waals surface area contributed by atoms with Crippen LogP contribution in [0.3, 0.4) is 0 Å². The van der Waals surface area contributed by atoms with Crippen LogP contribution in [-0.2, 0) is 5.75 Å². The first-order valence-corrected chi connectivity index (χ1v) is 6.51. The summed E-state index contributed by atoms with van der Waals surface area (Å²) in [5.74, 6) is -0.0538. The molecule has 1 aromatic heterocycles. The lowest BCUT2D eigenvalue weighted by molar-refractivity contribution is 0.0697. The van der Waals surface area contributed by atoms with Gasteiger partial charge in [0.15, 0.2) is 0 Å². The molecule has 0 saturated carbocycles. The Balaban J connectivity index is 2.08. The highest BCUT2D eigenvalue weighted by molar-refractivity contribution is 7.98. The van der Waals surface area contributed by atoms with Crippen LogP contribution in [0.5, 0.6) is 0 Å². The van der Waals surface area contributed by atoms with Crippen LogP contribution in [0.15, 0.2) is 47.6 Å². The molecule has 18 heavy (non-hydrogen) atoms. The van der Waals surface area contributed by atoms with Gasteiger partial charge in [-0.2, -0.15) is 0 Å². The highest BCUT2D eigenvalue weighted by Gasteiger charge is 2.06. The number of aromatic carboxylic acids is 1. The number of pyridine rings is 1. The van der Waals surface area contributed by atoms with Gasteiger partial charge >= 0.3 is 5.97 Å². The van der Waals surface area contributed by atoms with Crippen LogP contribution in [0.2, 0.25) is 0 Å². The number of thioether (sulfide) groups is 1. The fourth-order valence-corrected chi connectivity index (χ4v) is 2.55. The average Bonchev–Trinajstić information content (AvgIpc) is 2.38. The van der Waals surface area contributed by atoms with Gasteiger partial charge in [-0.3, -0.25) is 4.98 Å². The second-order valence-electron chi connectivity index (χ2n) is 3.92. The van der Waals surface area contributed by atoms with Crippen LogP contribution < -0.4 is 0 Å². The lowest BCUT2D eigenvalue weighted by Crippen LogP contribution is -1.98. The fourth-order valence-electron chi connectivity index (χ4n) is 1.59. The number of carbonyl (C=O) groups is 1. The highest BCUT2D eigenvalue weighted by Crippen LogP contribution is 2.24. The lowest BCUT2D eigenvalue weighted by Gasteiger charge is -2.06. The predicted molar refractivity (Wildman–Crippen MR) is 71.9 cm³/mol. The molecule has 0 aliphatic rings. The third-order valence-corrected chi connectivity index (χ3v) is 3.69. The van der Waals surface area contributed by atoms with Gasteiger partial charge in [0.2, 0.25) is 0 Å². The first-order valence-electron chi connectivity index (χ1n) is 5.52. The second kappa shape index (κ2) is 5.69. The second-order valence-corrected chi connectivity index (χ2v) is 4.97. The number of carboxylic acid groups (broad SMARTS) is 1. The van der Waals surface area contributed by atoms with E-state index in [4.69, 9.17) is 5.11 Å². The zero-order chi connectivity index (χ0) is 13.0. The molecule has 92 valence electrons. The van der Waals surface area contributed by atoms with Crippen molar-refractivity contribution in [3.8, 4) is 0 Å². The Morgan fingerprint density at radius 2 is 2.00 bits per heavy atom. The molecule has 0 spiro atoms. The van der Waals surface area contributed by atoms with E-state index in [2.05, 4.69) is 4.98 Å². The third-order valence-electron chi connectivity index (χ3n) is 2.63. The summed E-state index contributed by atoms with van der Waals surface area (Å²) in [5, 5.41) is 8.90. The van der Waals surface area contributed by atoms with Crippen molar-refractivity contribution < 1.29 is 9.90 Å². The van der Waals surface area contributed by atoms with Gasteiger partial charge in [-0.05, 0) is 42.3 Å². The van der Waals surface area contributed by atoms with Crippen molar-refractivity contribution in [2.45, 2.75) is 17.6 Å². The molecular formula is C14H13NO2S. The van der Waals surface area contributed by atoms with Gasteiger partial charge in [0.25, 0.3) is 0 Å². The minimum atomic E-state index is -0.883. The third kappa shape index (κ3) is 3.11. The van der Waals surface area contributed by atoms with Crippen molar-refractivity contribution in [2.75, 3.05) is 0 Å². The Morgan fingerprint density at radius 1 is 1.28 bits per heavy atom. The maximum Gasteiger partial charge on any atom is 0.335 e. The SMILES string of the molecule is Cc1cc(C(=O)O)ccc1CSc1ccncc1. The molecule has 1 N–H and O–H groups in total. The van der Waals surface area contributed by atoms with E-state index in [9.17, 15) is 4.79 Å². The molecule has 0 unspecified atom stereocenters. The molecule has 0 aliphatic carbocycles. The molecule has 0 bridgehead atoms. The zero-order valence-corrected chi connectivity index (χ0v) is 10.8. The van der Waals surface area contributed by atoms with Crippen molar-refractivity contribution in [2.24, 2.45) is 0 Å². The summed E-state index contributed by atoms with van der Waals surface area (Å²) in [5.41, 5.74) is 2.50. The van der Waals surface area contributed by atoms with Gasteiger partial charge in [0.1, 0.15) is 0 Å². The quantitative estimate of drug-likeness (QED) is 0.855. The predicted octanol–water partition coefficient (Wildman–Crippen LogP) is 3.38. The van der Waals surface area contributed by atoms with E-state index in [1.54, 1.807) is 36.3 Å². The molecule has 3 nitrogen and oxygen atoms in total. The Morgan fingerprint density at radius 3 is 2.61 bits per heavy atom. The summed E-state index contributed by atoms with van der Waals surface area (Å²) in [4.78, 5) is 16.0. The minimum absolute atomic E-state index is 0.338. The molecule has 2 aromatic rings. The molecule has 2 rings (SSSR count). The molecule has 1 aromatic carbocycles. The van der Waals surface area contributed by atoms with Crippen LogP contribution in [0.25, 0.3) is 0 Å². The maximum atomic E-state index is 10.8. The Labute approximate surface area is 110 Å². The molecule has 4 heteroatoms. The number of nitrogens with zero attached hydrogens (tertiary/aromatic N) is 1. The first-order chi connectivity index (χ1) is 8.66. The number of benzene rings is 1. The van der Waals surface area contributed by atoms with E-state index in [0.717, 1.165) is 21.8 Å². The Bertz CT molecular complexity index is 555. The maximum absolute atomic E-state index is 10.8. The van der Waals surface area contributed by atoms with E-state index in [0.29, 0.717) is 5.56 Å². The van der Waals surface area contributed by atoms with Crippen molar-refractivity contribution in [3.05, 3.63) is 59.4 Å². The van der Waals surface area contributed by atoms with Gasteiger partial charge < -0.3 is 5.11 Å². The smallest absolute Gasteiger partial charge is 0.335 e. The molecular weight excluding hydrogens is 246 g/mol. The lowest BCUT2D eigenvalue weighted by atomic mass is 10.1. The Kier molecular flexibility index (Phi) is 3.99. The average molecular weight is 259 g/mol. The topological polar surface area (TPSA) is 50.2 Å². The molecule has 0 radical (unpaired) electrons. The standard InChI is InChI=1S/C14H13NO2S/c1-10-8-11(14(16)17)2-3-12(10)9-18-13-4-6-15-7-5-13/h2-8H,9H2,1H3,(H,16,17). The first kappa shape index (κ1) is 12.6. The van der Waals surface area contributed by atoms with Crippen molar-refractivity contribution in [1.29, 1.82) is 0 Å². The monoisotopic (exact) mass is 259 g/mol. The van der Waals surface area contributed by atoms with Crippen molar-refractivity contribution >= 4 is 17.7 Å². The summed E-state index contributed by atoms with van der Waals surface area (Å²) in [6.45, 7) is 1.94. The summed E-state index contributed by atoms with van der Waals surface area (Å²) in [6, 6.07) is 9.17. The number of aromatic nitrogens is 1. The summed E-state index contributed by atoms with van der Waals surface area (Å²) in [6.07, 6.45) is 3.53. The number of carboxylic acids is 1. The number of hydrogen-bond acceptors (Lipinski definition) is 3. The molecule has 0 amide bonds. The van der Waals surface area contributed by atoms with E-state index < -0.39 is 5.97 Å². The number of rotatable bonds is 4. The van der Waals surface area contributed by atoms with E-state index in [-0.39, 0.29) is 0 Å². The van der Waals surface area contributed by atoms with Gasteiger partial charge in [0.05, 0.1) is 5.56 Å². The van der Waals surface area contributed by atoms with Gasteiger partial charge in [-0.25, -0.2) is 4.79 Å². The van der Waals surface area contributed by atoms with Crippen LogP contribution in [0, 0.1) is 6.92 Å². The van der Waals surface area contributed by atoms with Crippen LogP contribution in [0.4, 0.5) is 0 Å². The molecule has 0 atom stereocenters. The fraction of sp³-hybridized carbons (Fsp3) is 0.143. The minimum Gasteiger partial charge on any atom is -0.478 e. The van der Waals surface area contributed by atoms with Gasteiger partial charge in [-0.1, -0.05) is 6.07 Å². The summed E-state index contributed by atoms with van der Waals surface area (Å²) >= 11 is 1.71. The van der Waals surface area contributed by atoms with Crippen molar-refractivity contribution in [1.82, 2.24) is 4.98 Å². The normalized spacial score (nSPS) is 10.3. The Hall–Kier alpha value is -1.81. The largest absolute Gasteiger partial charge is 0.478 e. The van der Waals surface area contributed by atoms with Crippen LogP contribution >= 0.6 is 11.8 Å². The summed E-state index contributed by atoms with van der Waals surface area (Å²) < 4.78 is 0. The number of aryl methyl sites for hydroxylation is 1.